The summed E-state index contributed by atoms with van der Waals surface area (Å²) in [7, 11) is 0. The van der Waals surface area contributed by atoms with Crippen molar-refractivity contribution in [3.8, 4) is 0 Å². The normalized spacial score (nSPS) is 10.5. The van der Waals surface area contributed by atoms with Crippen LogP contribution in [0.4, 0.5) is 0 Å². The van der Waals surface area contributed by atoms with Gasteiger partial charge in [0.15, 0.2) is 0 Å². The summed E-state index contributed by atoms with van der Waals surface area (Å²) in [6, 6.07) is 10.4. The highest BCUT2D eigenvalue weighted by molar-refractivity contribution is 14.1. The second kappa shape index (κ2) is 6.68. The minimum Gasteiger partial charge on any atom is -0.298 e. The Bertz CT molecular complexity index is 551. The topological polar surface area (TPSA) is 34.9 Å². The number of hydrogen-bond donors (Lipinski definition) is 0. The molecule has 1 aromatic heterocycles. The van der Waals surface area contributed by atoms with Crippen LogP contribution in [0.5, 0.6) is 0 Å². The molecular formula is C14H15IN2O. The molecule has 0 atom stereocenters. The molecule has 4 heteroatoms. The predicted molar refractivity (Wildman–Crippen MR) is 80.6 cm³/mol. The van der Waals surface area contributed by atoms with E-state index in [0.29, 0.717) is 3.57 Å². The molecule has 0 saturated heterocycles. The molecule has 0 unspecified atom stereocenters. The lowest BCUT2D eigenvalue weighted by Gasteiger charge is -2.05. The molecule has 0 saturated carbocycles. The molecule has 1 aromatic carbocycles. The summed E-state index contributed by atoms with van der Waals surface area (Å²) < 4.78 is 2.37. The second-order valence-electron chi connectivity index (χ2n) is 4.18. The molecule has 0 aliphatic heterocycles. The third-order valence-corrected chi connectivity index (χ3v) is 3.56. The van der Waals surface area contributed by atoms with Crippen molar-refractivity contribution in [2.24, 2.45) is 0 Å². The van der Waals surface area contributed by atoms with Crippen LogP contribution in [0.3, 0.4) is 0 Å². The van der Waals surface area contributed by atoms with Crippen molar-refractivity contribution < 1.29 is 0 Å². The minimum atomic E-state index is 0.0605. The number of unbranched alkanes of at least 4 members (excludes halogenated alkanes) is 1. The third kappa shape index (κ3) is 3.66. The van der Waals surface area contributed by atoms with Crippen molar-refractivity contribution in [3.63, 3.8) is 0 Å². The molecule has 18 heavy (non-hydrogen) atoms. The molecule has 0 amide bonds. The van der Waals surface area contributed by atoms with Gasteiger partial charge in [0.25, 0.3) is 5.56 Å². The Kier molecular flexibility index (Phi) is 4.92. The Morgan fingerprint density at radius 3 is 2.72 bits per heavy atom. The summed E-state index contributed by atoms with van der Waals surface area (Å²) in [4.78, 5) is 15.8. The first kappa shape index (κ1) is 13.3. The smallest absolute Gasteiger partial charge is 0.266 e. The first-order chi connectivity index (χ1) is 8.77. The molecule has 1 heterocycles. The van der Waals surface area contributed by atoms with Crippen LogP contribution in [-0.2, 0) is 13.0 Å². The minimum absolute atomic E-state index is 0.0605. The van der Waals surface area contributed by atoms with Crippen LogP contribution in [0.2, 0.25) is 0 Å². The zero-order chi connectivity index (χ0) is 12.8. The van der Waals surface area contributed by atoms with E-state index in [1.54, 1.807) is 17.1 Å². The van der Waals surface area contributed by atoms with Crippen molar-refractivity contribution >= 4 is 22.6 Å². The number of aromatic nitrogens is 2. The van der Waals surface area contributed by atoms with E-state index in [1.165, 1.54) is 5.56 Å². The number of rotatable bonds is 5. The number of nitrogens with zero attached hydrogens (tertiary/aromatic N) is 2. The van der Waals surface area contributed by atoms with E-state index in [1.807, 2.05) is 28.7 Å². The third-order valence-electron chi connectivity index (χ3n) is 2.82. The van der Waals surface area contributed by atoms with Crippen LogP contribution in [0, 0.1) is 3.57 Å². The quantitative estimate of drug-likeness (QED) is 0.611. The molecule has 0 fully saturated rings. The molecule has 0 aliphatic rings. The van der Waals surface area contributed by atoms with Gasteiger partial charge in [0, 0.05) is 12.7 Å². The lowest BCUT2D eigenvalue weighted by atomic mass is 10.1. The number of aryl methyl sites for hydroxylation is 2. The molecule has 3 nitrogen and oxygen atoms in total. The monoisotopic (exact) mass is 354 g/mol. The van der Waals surface area contributed by atoms with Gasteiger partial charge in [-0.1, -0.05) is 30.3 Å². The van der Waals surface area contributed by atoms with Gasteiger partial charge >= 0.3 is 0 Å². The van der Waals surface area contributed by atoms with E-state index in [0.717, 1.165) is 25.8 Å². The maximum Gasteiger partial charge on any atom is 0.266 e. The molecule has 0 aliphatic carbocycles. The van der Waals surface area contributed by atoms with Crippen molar-refractivity contribution in [3.05, 3.63) is 62.3 Å². The molecule has 2 rings (SSSR count). The predicted octanol–water partition coefficient (Wildman–Crippen LogP) is 2.87. The lowest BCUT2D eigenvalue weighted by molar-refractivity contribution is 0.583. The number of benzene rings is 1. The second-order valence-corrected chi connectivity index (χ2v) is 5.35. The molecule has 0 radical (unpaired) electrons. The van der Waals surface area contributed by atoms with E-state index in [4.69, 9.17) is 0 Å². The van der Waals surface area contributed by atoms with Crippen molar-refractivity contribution in [1.29, 1.82) is 0 Å². The Morgan fingerprint density at radius 1 is 1.17 bits per heavy atom. The maximum absolute atomic E-state index is 11.7. The number of halogens is 1. The lowest BCUT2D eigenvalue weighted by Crippen LogP contribution is -2.22. The Balaban J connectivity index is 1.82. The zero-order valence-corrected chi connectivity index (χ0v) is 12.2. The highest BCUT2D eigenvalue weighted by Gasteiger charge is 2.00. The van der Waals surface area contributed by atoms with E-state index >= 15 is 0 Å². The summed E-state index contributed by atoms with van der Waals surface area (Å²) in [6.07, 6.45) is 6.36. The standard InChI is InChI=1S/C14H15IN2O/c15-13-10-16-11-17(14(13)18)9-5-4-8-12-6-2-1-3-7-12/h1-3,6-7,10-11H,4-5,8-9H2. The van der Waals surface area contributed by atoms with Crippen molar-refractivity contribution in [2.75, 3.05) is 0 Å². The van der Waals surface area contributed by atoms with Gasteiger partial charge in [-0.25, -0.2) is 4.98 Å². The van der Waals surface area contributed by atoms with Crippen LogP contribution >= 0.6 is 22.6 Å². The summed E-state index contributed by atoms with van der Waals surface area (Å²) in [5.74, 6) is 0. The van der Waals surface area contributed by atoms with Crippen LogP contribution < -0.4 is 5.56 Å². The summed E-state index contributed by atoms with van der Waals surface area (Å²) in [5.41, 5.74) is 1.41. The largest absolute Gasteiger partial charge is 0.298 e. The average molecular weight is 354 g/mol. The van der Waals surface area contributed by atoms with E-state index < -0.39 is 0 Å². The summed E-state index contributed by atoms with van der Waals surface area (Å²) >= 11 is 2.02. The molecule has 94 valence electrons. The molecule has 2 aromatic rings. The molecule has 0 spiro atoms. The maximum atomic E-state index is 11.7. The van der Waals surface area contributed by atoms with Gasteiger partial charge in [0.2, 0.25) is 0 Å². The Labute approximate surface area is 120 Å². The first-order valence-electron chi connectivity index (χ1n) is 6.01. The fraction of sp³-hybridized carbons (Fsp3) is 0.286. The average Bonchev–Trinajstić information content (AvgIpc) is 2.40. The molecular weight excluding hydrogens is 339 g/mol. The molecule has 0 bridgehead atoms. The Hall–Kier alpha value is -1.17. The van der Waals surface area contributed by atoms with Crippen molar-refractivity contribution in [2.45, 2.75) is 25.8 Å². The fourth-order valence-electron chi connectivity index (χ4n) is 1.84. The van der Waals surface area contributed by atoms with Crippen LogP contribution in [0.25, 0.3) is 0 Å². The van der Waals surface area contributed by atoms with Gasteiger partial charge in [-0.3, -0.25) is 9.36 Å². The van der Waals surface area contributed by atoms with Crippen LogP contribution in [0.1, 0.15) is 18.4 Å². The summed E-state index contributed by atoms with van der Waals surface area (Å²) in [6.45, 7) is 0.746. The highest BCUT2D eigenvalue weighted by Crippen LogP contribution is 2.05. The molecule has 0 N–H and O–H groups in total. The van der Waals surface area contributed by atoms with E-state index in [2.05, 4.69) is 29.2 Å². The highest BCUT2D eigenvalue weighted by atomic mass is 127. The van der Waals surface area contributed by atoms with Gasteiger partial charge in [0.05, 0.1) is 9.90 Å². The zero-order valence-electron chi connectivity index (χ0n) is 10.1. The number of hydrogen-bond acceptors (Lipinski definition) is 2. The first-order valence-corrected chi connectivity index (χ1v) is 7.09. The van der Waals surface area contributed by atoms with Crippen LogP contribution in [-0.4, -0.2) is 9.55 Å². The fourth-order valence-corrected chi connectivity index (χ4v) is 2.31. The van der Waals surface area contributed by atoms with Crippen molar-refractivity contribution in [1.82, 2.24) is 9.55 Å². The van der Waals surface area contributed by atoms with Gasteiger partial charge in [-0.15, -0.1) is 0 Å². The Morgan fingerprint density at radius 2 is 1.94 bits per heavy atom. The SMILES string of the molecule is O=c1c(I)cncn1CCCCc1ccccc1. The van der Waals surface area contributed by atoms with Crippen LogP contribution in [0.15, 0.2) is 47.7 Å². The summed E-state index contributed by atoms with van der Waals surface area (Å²) in [5, 5.41) is 0. The van der Waals surface area contributed by atoms with Gasteiger partial charge in [-0.05, 0) is 47.4 Å². The van der Waals surface area contributed by atoms with E-state index in [9.17, 15) is 4.79 Å². The van der Waals surface area contributed by atoms with Gasteiger partial charge in [0.1, 0.15) is 0 Å². The van der Waals surface area contributed by atoms with Gasteiger partial charge < -0.3 is 0 Å². The van der Waals surface area contributed by atoms with E-state index in [-0.39, 0.29) is 5.56 Å². The van der Waals surface area contributed by atoms with Gasteiger partial charge in [-0.2, -0.15) is 0 Å².